The van der Waals surface area contributed by atoms with E-state index in [4.69, 9.17) is 44.9 Å². The summed E-state index contributed by atoms with van der Waals surface area (Å²) in [5, 5.41) is 17.7. The lowest BCUT2D eigenvalue weighted by molar-refractivity contribution is 0.269. The monoisotopic (exact) mass is 489 g/mol. The van der Waals surface area contributed by atoms with E-state index in [1.54, 1.807) is 12.1 Å². The van der Waals surface area contributed by atoms with Gasteiger partial charge in [0.05, 0.1) is 34.3 Å². The van der Waals surface area contributed by atoms with Crippen LogP contribution in [0.2, 0.25) is 10.0 Å². The first-order valence-electron chi connectivity index (χ1n) is 10.2. The van der Waals surface area contributed by atoms with E-state index < -0.39 is 0 Å². The van der Waals surface area contributed by atoms with Gasteiger partial charge in [0.15, 0.2) is 16.6 Å². The number of ether oxygens (including phenoxy) is 2. The molecule has 0 aromatic heterocycles. The quantitative estimate of drug-likeness (QED) is 0.463. The fourth-order valence-electron chi connectivity index (χ4n) is 3.41. The van der Waals surface area contributed by atoms with Crippen molar-refractivity contribution in [3.8, 4) is 17.6 Å². The Morgan fingerprint density at radius 3 is 2.44 bits per heavy atom. The molecule has 0 unspecified atom stereocenters. The van der Waals surface area contributed by atoms with E-state index in [1.807, 2.05) is 52.0 Å². The summed E-state index contributed by atoms with van der Waals surface area (Å²) in [7, 11) is 0. The summed E-state index contributed by atoms with van der Waals surface area (Å²) in [6.45, 7) is 8.82. The number of nitrogens with zero attached hydrogens (tertiary/aromatic N) is 1. The highest BCUT2D eigenvalue weighted by Gasteiger charge is 2.32. The van der Waals surface area contributed by atoms with Gasteiger partial charge >= 0.3 is 0 Å². The number of rotatable bonds is 6. The molecular weight excluding hydrogens is 465 g/mol. The molecule has 2 N–H and O–H groups in total. The lowest BCUT2D eigenvalue weighted by Crippen LogP contribution is -2.46. The van der Waals surface area contributed by atoms with Crippen LogP contribution in [0, 0.1) is 16.7 Å². The van der Waals surface area contributed by atoms with Crippen molar-refractivity contribution in [1.82, 2.24) is 10.6 Å². The van der Waals surface area contributed by atoms with E-state index in [0.29, 0.717) is 45.4 Å². The van der Waals surface area contributed by atoms with E-state index in [2.05, 4.69) is 16.7 Å². The first kappa shape index (κ1) is 24.2. The lowest BCUT2D eigenvalue weighted by atomic mass is 9.84. The molecule has 0 saturated heterocycles. The fraction of sp³-hybridized carbons (Fsp3) is 0.333. The van der Waals surface area contributed by atoms with E-state index in [1.165, 1.54) is 0 Å². The highest BCUT2D eigenvalue weighted by Crippen LogP contribution is 2.38. The van der Waals surface area contributed by atoms with Crippen LogP contribution in [-0.4, -0.2) is 11.7 Å². The van der Waals surface area contributed by atoms with Crippen LogP contribution in [0.15, 0.2) is 47.7 Å². The van der Waals surface area contributed by atoms with Gasteiger partial charge in [0.25, 0.3) is 0 Å². The van der Waals surface area contributed by atoms with Crippen LogP contribution in [0.3, 0.4) is 0 Å². The molecule has 0 saturated carbocycles. The summed E-state index contributed by atoms with van der Waals surface area (Å²) in [5.41, 5.74) is 2.89. The largest absolute Gasteiger partial charge is 0.490 e. The number of halogens is 2. The number of nitriles is 1. The minimum absolute atomic E-state index is 0.263. The topological polar surface area (TPSA) is 66.3 Å². The van der Waals surface area contributed by atoms with Crippen LogP contribution in [0.1, 0.15) is 44.9 Å². The van der Waals surface area contributed by atoms with E-state index in [9.17, 15) is 5.26 Å². The minimum Gasteiger partial charge on any atom is -0.490 e. The van der Waals surface area contributed by atoms with Crippen molar-refractivity contribution < 1.29 is 9.47 Å². The molecule has 1 heterocycles. The lowest BCUT2D eigenvalue weighted by Gasteiger charge is -2.35. The second-order valence-corrected chi connectivity index (χ2v) is 9.58. The summed E-state index contributed by atoms with van der Waals surface area (Å²) in [6.07, 6.45) is 0. The van der Waals surface area contributed by atoms with Crippen LogP contribution >= 0.6 is 35.4 Å². The Labute approximate surface area is 204 Å². The van der Waals surface area contributed by atoms with Gasteiger partial charge < -0.3 is 20.1 Å². The molecule has 3 rings (SSSR count). The Balaban J connectivity index is 1.93. The maximum absolute atomic E-state index is 9.91. The highest BCUT2D eigenvalue weighted by molar-refractivity contribution is 7.80. The van der Waals surface area contributed by atoms with Gasteiger partial charge in [-0.25, -0.2) is 0 Å². The molecule has 0 aliphatic carbocycles. The Morgan fingerprint density at radius 2 is 1.81 bits per heavy atom. The second-order valence-electron chi connectivity index (χ2n) is 8.36. The molecule has 5 nitrogen and oxygen atoms in total. The summed E-state index contributed by atoms with van der Waals surface area (Å²) in [4.78, 5) is 0. The van der Waals surface area contributed by atoms with E-state index in [0.717, 1.165) is 16.8 Å². The molecule has 2 aromatic rings. The molecule has 32 heavy (non-hydrogen) atoms. The summed E-state index contributed by atoms with van der Waals surface area (Å²) in [5.74, 6) is 1.18. The van der Waals surface area contributed by atoms with E-state index >= 15 is 0 Å². The van der Waals surface area contributed by atoms with Gasteiger partial charge in [0, 0.05) is 11.1 Å². The van der Waals surface area contributed by atoms with Crippen molar-refractivity contribution >= 4 is 40.5 Å². The highest BCUT2D eigenvalue weighted by atomic mass is 35.5. The molecule has 8 heteroatoms. The van der Waals surface area contributed by atoms with Crippen molar-refractivity contribution in [3.63, 3.8) is 0 Å². The fourth-order valence-corrected chi connectivity index (χ4v) is 3.95. The third-order valence-electron chi connectivity index (χ3n) is 4.92. The molecule has 1 aliphatic heterocycles. The smallest absolute Gasteiger partial charge is 0.171 e. The third kappa shape index (κ3) is 5.47. The van der Waals surface area contributed by atoms with Gasteiger partial charge in [-0.15, -0.1) is 0 Å². The number of hydrogen-bond acceptors (Lipinski definition) is 4. The molecule has 1 aliphatic rings. The number of benzene rings is 2. The van der Waals surface area contributed by atoms with Crippen molar-refractivity contribution in [2.24, 2.45) is 5.41 Å². The van der Waals surface area contributed by atoms with Crippen molar-refractivity contribution in [2.45, 2.75) is 40.3 Å². The maximum atomic E-state index is 9.91. The van der Waals surface area contributed by atoms with Crippen LogP contribution in [0.4, 0.5) is 0 Å². The van der Waals surface area contributed by atoms with Crippen molar-refractivity contribution in [3.05, 3.63) is 68.8 Å². The number of thiocarbonyl (C=S) groups is 1. The Morgan fingerprint density at radius 1 is 1.06 bits per heavy atom. The molecular formula is C24H25Cl2N3O2S. The zero-order valence-corrected chi connectivity index (χ0v) is 20.7. The molecule has 168 valence electrons. The zero-order valence-electron chi connectivity index (χ0n) is 18.4. The first-order chi connectivity index (χ1) is 15.1. The predicted octanol–water partition coefficient (Wildman–Crippen LogP) is 6.31. The average molecular weight is 490 g/mol. The molecule has 0 radical (unpaired) electrons. The third-order valence-corrected chi connectivity index (χ3v) is 5.88. The van der Waals surface area contributed by atoms with Crippen LogP contribution < -0.4 is 20.1 Å². The van der Waals surface area contributed by atoms with Gasteiger partial charge in [0.2, 0.25) is 0 Å². The molecule has 0 amide bonds. The molecule has 0 fully saturated rings. The minimum atomic E-state index is -0.383. The zero-order chi connectivity index (χ0) is 23.5. The average Bonchev–Trinajstić information content (AvgIpc) is 2.74. The van der Waals surface area contributed by atoms with Gasteiger partial charge in [-0.05, 0) is 54.5 Å². The maximum Gasteiger partial charge on any atom is 0.171 e. The number of nitrogens with one attached hydrogen (secondary N) is 2. The number of hydrogen-bond donors (Lipinski definition) is 2. The molecule has 0 bridgehead atoms. The van der Waals surface area contributed by atoms with Gasteiger partial charge in [0.1, 0.15) is 6.61 Å². The van der Waals surface area contributed by atoms with Gasteiger partial charge in [-0.3, -0.25) is 0 Å². The first-order valence-corrected chi connectivity index (χ1v) is 11.4. The molecule has 1 atom stereocenters. The number of allylic oxidation sites excluding steroid dienone is 1. The van der Waals surface area contributed by atoms with E-state index in [-0.39, 0.29) is 11.5 Å². The molecule has 0 spiro atoms. The van der Waals surface area contributed by atoms with Gasteiger partial charge in [-0.2, -0.15) is 5.26 Å². The standard InChI is InChI=1S/C24H25Cl2N3O2S/c1-5-30-20-11-15(21-16(12-27)22(24(2,3)4)29-23(32)28-21)7-9-19(20)31-13-14-6-8-17(25)18(26)10-14/h6-11,21H,5,13H2,1-4H3,(H2,28,29,32)/t21-/m1/s1. The SMILES string of the molecule is CCOc1cc([C@H]2NC(=S)NC(C(C)(C)C)=C2C#N)ccc1OCc1ccc(Cl)c(Cl)c1. The van der Waals surface area contributed by atoms with Crippen LogP contribution in [-0.2, 0) is 6.61 Å². The Bertz CT molecular complexity index is 1100. The molecule has 2 aromatic carbocycles. The Hall–Kier alpha value is -2.46. The van der Waals surface area contributed by atoms with Crippen molar-refractivity contribution in [1.29, 1.82) is 5.26 Å². The second kappa shape index (κ2) is 9.99. The summed E-state index contributed by atoms with van der Waals surface area (Å²) < 4.78 is 11.8. The summed E-state index contributed by atoms with van der Waals surface area (Å²) >= 11 is 17.5. The summed E-state index contributed by atoms with van der Waals surface area (Å²) in [6, 6.07) is 13.0. The van der Waals surface area contributed by atoms with Crippen LogP contribution in [0.25, 0.3) is 0 Å². The Kier molecular flexibility index (Phi) is 7.55. The predicted molar refractivity (Wildman–Crippen MR) is 132 cm³/mol. The normalized spacial score (nSPS) is 16.2. The van der Waals surface area contributed by atoms with Crippen molar-refractivity contribution in [2.75, 3.05) is 6.61 Å². The van der Waals surface area contributed by atoms with Gasteiger partial charge in [-0.1, -0.05) is 56.1 Å². The van der Waals surface area contributed by atoms with Crippen LogP contribution in [0.5, 0.6) is 11.5 Å².